The van der Waals surface area contributed by atoms with E-state index in [0.29, 0.717) is 6.54 Å². The van der Waals surface area contributed by atoms with Gasteiger partial charge in [0.05, 0.1) is 23.5 Å². The summed E-state index contributed by atoms with van der Waals surface area (Å²) in [7, 11) is 0. The maximum absolute atomic E-state index is 14.5. The fourth-order valence-electron chi connectivity index (χ4n) is 3.03. The molecule has 0 unspecified atom stereocenters. The predicted molar refractivity (Wildman–Crippen MR) is 108 cm³/mol. The van der Waals surface area contributed by atoms with Crippen molar-refractivity contribution in [3.8, 4) is 5.69 Å². The zero-order valence-electron chi connectivity index (χ0n) is 17.3. The van der Waals surface area contributed by atoms with Crippen LogP contribution < -0.4 is 5.32 Å². The van der Waals surface area contributed by atoms with E-state index in [1.807, 2.05) is 0 Å². The number of aromatic nitrogens is 5. The van der Waals surface area contributed by atoms with Crippen molar-refractivity contribution in [2.45, 2.75) is 32.7 Å². The number of carbonyl (C=O) groups excluding carboxylic acids is 1. The van der Waals surface area contributed by atoms with Crippen LogP contribution in [0.2, 0.25) is 0 Å². The molecule has 3 rings (SSSR count). The number of carbonyl (C=O) groups is 1. The van der Waals surface area contributed by atoms with Gasteiger partial charge in [0.25, 0.3) is 11.8 Å². The zero-order valence-corrected chi connectivity index (χ0v) is 17.3. The Kier molecular flexibility index (Phi) is 6.52. The van der Waals surface area contributed by atoms with Gasteiger partial charge in [-0.05, 0) is 26.0 Å². The Morgan fingerprint density at radius 1 is 1.23 bits per heavy atom. The van der Waals surface area contributed by atoms with Gasteiger partial charge >= 0.3 is 0 Å². The van der Waals surface area contributed by atoms with Crippen molar-refractivity contribution < 1.29 is 18.0 Å². The lowest BCUT2D eigenvalue weighted by Crippen LogP contribution is -2.42. The van der Waals surface area contributed by atoms with Crippen molar-refractivity contribution in [3.63, 3.8) is 0 Å². The van der Waals surface area contributed by atoms with Crippen LogP contribution in [0.15, 0.2) is 43.0 Å². The molecule has 0 aliphatic rings. The molecule has 0 spiro atoms. The first kappa shape index (κ1) is 22.2. The molecule has 8 nitrogen and oxygen atoms in total. The largest absolute Gasteiger partial charge is 0.352 e. The minimum Gasteiger partial charge on any atom is -0.352 e. The summed E-state index contributed by atoms with van der Waals surface area (Å²) in [6.45, 7) is 4.98. The third-order valence-corrected chi connectivity index (χ3v) is 4.68. The van der Waals surface area contributed by atoms with Crippen molar-refractivity contribution in [1.29, 1.82) is 0 Å². The van der Waals surface area contributed by atoms with Gasteiger partial charge in [-0.3, -0.25) is 4.79 Å². The number of halogens is 3. The third-order valence-electron chi connectivity index (χ3n) is 4.68. The van der Waals surface area contributed by atoms with Crippen molar-refractivity contribution in [2.75, 3.05) is 18.4 Å². The number of benzene rings is 1. The molecule has 0 radical (unpaired) electrons. The molecule has 0 aliphatic carbocycles. The molecular formula is C20H22F3N7O. The van der Waals surface area contributed by atoms with Crippen molar-refractivity contribution >= 4 is 11.9 Å². The zero-order chi connectivity index (χ0) is 22.6. The van der Waals surface area contributed by atoms with Crippen LogP contribution in [0.3, 0.4) is 0 Å². The maximum Gasteiger partial charge on any atom is 0.273 e. The minimum absolute atomic E-state index is 0.0319. The summed E-state index contributed by atoms with van der Waals surface area (Å²) < 4.78 is 41.0. The number of nitrogens with zero attached hydrogens (tertiary/aromatic N) is 6. The van der Waals surface area contributed by atoms with E-state index < -0.39 is 17.6 Å². The van der Waals surface area contributed by atoms with Crippen LogP contribution >= 0.6 is 0 Å². The van der Waals surface area contributed by atoms with Gasteiger partial charge in [-0.1, -0.05) is 6.07 Å². The molecular weight excluding hydrogens is 411 g/mol. The van der Waals surface area contributed by atoms with Gasteiger partial charge < -0.3 is 10.2 Å². The Morgan fingerprint density at radius 2 is 1.87 bits per heavy atom. The van der Waals surface area contributed by atoms with Crippen LogP contribution in [0.1, 0.15) is 36.7 Å². The van der Waals surface area contributed by atoms with Crippen LogP contribution in [-0.4, -0.2) is 54.9 Å². The number of hydrogen-bond acceptors (Lipinski definition) is 6. The number of amides is 1. The van der Waals surface area contributed by atoms with Gasteiger partial charge in [-0.25, -0.2) is 23.1 Å². The normalized spacial score (nSPS) is 12.5. The summed E-state index contributed by atoms with van der Waals surface area (Å²) in [5.74, 6) is -3.88. The molecule has 0 aliphatic heterocycles. The van der Waals surface area contributed by atoms with Crippen LogP contribution in [-0.2, 0) is 5.92 Å². The smallest absolute Gasteiger partial charge is 0.273 e. The van der Waals surface area contributed by atoms with Gasteiger partial charge in [0.2, 0.25) is 5.95 Å². The van der Waals surface area contributed by atoms with Gasteiger partial charge in [0.1, 0.15) is 5.69 Å². The van der Waals surface area contributed by atoms with E-state index in [2.05, 4.69) is 25.5 Å². The number of alkyl halides is 2. The molecule has 0 fully saturated rings. The van der Waals surface area contributed by atoms with E-state index in [1.54, 1.807) is 18.7 Å². The first-order valence-electron chi connectivity index (χ1n) is 9.62. The first-order valence-corrected chi connectivity index (χ1v) is 9.62. The molecule has 0 bridgehead atoms. The van der Waals surface area contributed by atoms with Crippen LogP contribution in [0, 0.1) is 5.82 Å². The summed E-state index contributed by atoms with van der Waals surface area (Å²) in [5.41, 5.74) is -0.200. The fraction of sp³-hybridized carbons (Fsp3) is 0.350. The van der Waals surface area contributed by atoms with Crippen LogP contribution in [0.4, 0.5) is 19.1 Å². The molecule has 3 aromatic rings. The second-order valence-corrected chi connectivity index (χ2v) is 6.96. The second kappa shape index (κ2) is 9.11. The third kappa shape index (κ3) is 4.98. The molecule has 0 saturated carbocycles. The summed E-state index contributed by atoms with van der Waals surface area (Å²) in [6, 6.07) is 3.86. The fourth-order valence-corrected chi connectivity index (χ4v) is 3.03. The number of anilines is 1. The number of nitrogens with one attached hydrogen (secondary N) is 1. The Labute approximate surface area is 177 Å². The van der Waals surface area contributed by atoms with E-state index in [1.165, 1.54) is 30.6 Å². The lowest BCUT2D eigenvalue weighted by molar-refractivity contribution is 0.0167. The van der Waals surface area contributed by atoms with Gasteiger partial charge in [0, 0.05) is 38.4 Å². The topological polar surface area (TPSA) is 88.8 Å². The molecule has 1 atom stereocenters. The lowest BCUT2D eigenvalue weighted by Gasteiger charge is -2.29. The van der Waals surface area contributed by atoms with Gasteiger partial charge in [-0.2, -0.15) is 10.2 Å². The molecule has 1 amide bonds. The molecule has 164 valence electrons. The first-order chi connectivity index (χ1) is 14.7. The molecule has 0 saturated heterocycles. The SMILES string of the molecule is CCN(C(=O)c1cccc(F)c1-n1nccn1)[C@@H](C)CNc1ncc(C(C)(F)F)cn1. The highest BCUT2D eigenvalue weighted by Gasteiger charge is 2.26. The molecule has 1 aromatic carbocycles. The lowest BCUT2D eigenvalue weighted by atomic mass is 10.1. The standard InChI is InChI=1S/C20H22F3N7O/c1-4-29(13(2)10-24-19-25-11-14(12-26-19)20(3,22)23)18(31)15-6-5-7-16(21)17(15)30-27-8-9-28-30/h5-9,11-13H,4,10H2,1-3H3,(H,24,25,26)/t13-/m0/s1. The summed E-state index contributed by atoms with van der Waals surface area (Å²) in [6.07, 6.45) is 4.90. The number of hydrogen-bond donors (Lipinski definition) is 1. The van der Waals surface area contributed by atoms with Crippen LogP contribution in [0.5, 0.6) is 0 Å². The molecule has 2 aromatic heterocycles. The quantitative estimate of drug-likeness (QED) is 0.587. The van der Waals surface area contributed by atoms with E-state index in [4.69, 9.17) is 0 Å². The summed E-state index contributed by atoms with van der Waals surface area (Å²) >= 11 is 0. The van der Waals surface area contributed by atoms with E-state index in [9.17, 15) is 18.0 Å². The highest BCUT2D eigenvalue weighted by molar-refractivity contribution is 5.98. The summed E-state index contributed by atoms with van der Waals surface area (Å²) in [5, 5.41) is 10.8. The predicted octanol–water partition coefficient (Wildman–Crippen LogP) is 3.27. The number of rotatable bonds is 8. The van der Waals surface area contributed by atoms with Gasteiger partial charge in [-0.15, -0.1) is 4.80 Å². The molecule has 2 heterocycles. The monoisotopic (exact) mass is 433 g/mol. The van der Waals surface area contributed by atoms with Crippen LogP contribution in [0.25, 0.3) is 5.69 Å². The van der Waals surface area contributed by atoms with Crippen molar-refractivity contribution in [3.05, 3.63) is 59.9 Å². The number of likely N-dealkylation sites (N-methyl/N-ethyl adjacent to an activating group) is 1. The van der Waals surface area contributed by atoms with Crippen molar-refractivity contribution in [2.24, 2.45) is 0 Å². The Hall–Kier alpha value is -3.50. The maximum atomic E-state index is 14.5. The molecule has 1 N–H and O–H groups in total. The van der Waals surface area contributed by atoms with Gasteiger partial charge in [0.15, 0.2) is 5.82 Å². The summed E-state index contributed by atoms with van der Waals surface area (Å²) in [4.78, 5) is 23.6. The average Bonchev–Trinajstić information content (AvgIpc) is 3.26. The van der Waals surface area contributed by atoms with E-state index in [0.717, 1.165) is 24.1 Å². The Bertz CT molecular complexity index is 1020. The minimum atomic E-state index is -3.02. The highest BCUT2D eigenvalue weighted by atomic mass is 19.3. The number of para-hydroxylation sites is 1. The van der Waals surface area contributed by atoms with E-state index >= 15 is 0 Å². The van der Waals surface area contributed by atoms with Crippen molar-refractivity contribution in [1.82, 2.24) is 29.9 Å². The average molecular weight is 433 g/mol. The Morgan fingerprint density at radius 3 is 2.45 bits per heavy atom. The second-order valence-electron chi connectivity index (χ2n) is 6.96. The molecule has 31 heavy (non-hydrogen) atoms. The highest BCUT2D eigenvalue weighted by Crippen LogP contribution is 2.25. The molecule has 11 heteroatoms. The van der Waals surface area contributed by atoms with E-state index in [-0.39, 0.29) is 35.3 Å². The Balaban J connectivity index is 1.75.